The molecule has 2 aliphatic carbocycles. The van der Waals surface area contributed by atoms with Gasteiger partial charge < -0.3 is 38.8 Å². The molecule has 2 aliphatic rings. The van der Waals surface area contributed by atoms with E-state index in [0.29, 0.717) is 10.6 Å². The summed E-state index contributed by atoms with van der Waals surface area (Å²) in [5, 5.41) is 14.5. The molecule has 250 valence electrons. The van der Waals surface area contributed by atoms with Crippen LogP contribution in [0, 0.1) is 29.6 Å². The first kappa shape index (κ1) is 36.3. The molecule has 0 bridgehead atoms. The predicted molar refractivity (Wildman–Crippen MR) is 157 cm³/mol. The van der Waals surface area contributed by atoms with Crippen LogP contribution in [0.25, 0.3) is 0 Å². The van der Waals surface area contributed by atoms with Crippen molar-refractivity contribution in [2.24, 2.45) is 29.6 Å². The number of aliphatic hydroxyl groups is 1. The van der Waals surface area contributed by atoms with Crippen molar-refractivity contribution < 1.29 is 57.5 Å². The fourth-order valence-electron chi connectivity index (χ4n) is 5.12. The predicted octanol–water partition coefficient (Wildman–Crippen LogP) is 3.78. The number of aliphatic hydroxyl groups excluding tert-OH is 1. The second kappa shape index (κ2) is 14.5. The molecule has 0 saturated heterocycles. The van der Waals surface area contributed by atoms with E-state index >= 15 is 0 Å². The van der Waals surface area contributed by atoms with E-state index in [0.717, 1.165) is 0 Å². The number of amides is 1. The number of carbonyl (C=O) groups is 5. The quantitative estimate of drug-likeness (QED) is 0.187. The van der Waals surface area contributed by atoms with Gasteiger partial charge in [0.05, 0.1) is 40.5 Å². The molecule has 1 aromatic carbocycles. The van der Waals surface area contributed by atoms with E-state index in [1.54, 1.807) is 54.5 Å². The molecule has 0 spiro atoms. The van der Waals surface area contributed by atoms with Crippen molar-refractivity contribution in [3.63, 3.8) is 0 Å². The van der Waals surface area contributed by atoms with Crippen LogP contribution >= 0.6 is 23.2 Å². The van der Waals surface area contributed by atoms with E-state index in [1.165, 1.54) is 12.1 Å². The van der Waals surface area contributed by atoms with Crippen LogP contribution in [0.2, 0.25) is 10.0 Å². The lowest BCUT2D eigenvalue weighted by molar-refractivity contribution is -0.183. The van der Waals surface area contributed by atoms with Gasteiger partial charge in [0.2, 0.25) is 13.6 Å². The molecule has 0 aromatic heterocycles. The first-order chi connectivity index (χ1) is 20.9. The highest BCUT2D eigenvalue weighted by Gasteiger charge is 2.81. The summed E-state index contributed by atoms with van der Waals surface area (Å²) in [4.78, 5) is 64.0. The molecule has 0 heterocycles. The Labute approximate surface area is 271 Å². The molecule has 0 unspecified atom stereocenters. The lowest BCUT2D eigenvalue weighted by atomic mass is 9.86. The molecule has 6 atom stereocenters. The summed E-state index contributed by atoms with van der Waals surface area (Å²) in [6, 6.07) is 4.67. The summed E-state index contributed by atoms with van der Waals surface area (Å²) in [7, 11) is 0. The molecular weight excluding hydrogens is 637 g/mol. The molecule has 0 radical (unpaired) electrons. The van der Waals surface area contributed by atoms with Gasteiger partial charge in [0.1, 0.15) is 11.7 Å². The van der Waals surface area contributed by atoms with Gasteiger partial charge in [0.25, 0.3) is 0 Å². The van der Waals surface area contributed by atoms with Crippen molar-refractivity contribution in [3.8, 4) is 0 Å². The maximum atomic E-state index is 13.9. The third-order valence-corrected chi connectivity index (χ3v) is 7.96. The number of hydrogen-bond acceptors (Lipinski definition) is 12. The Hall–Kier alpha value is -3.13. The van der Waals surface area contributed by atoms with E-state index in [1.807, 2.05) is 0 Å². The molecule has 2 fully saturated rings. The van der Waals surface area contributed by atoms with Crippen LogP contribution in [0.15, 0.2) is 18.2 Å². The number of carbonyl (C=O) groups excluding carboxylic acids is 5. The highest BCUT2D eigenvalue weighted by atomic mass is 35.5. The van der Waals surface area contributed by atoms with Gasteiger partial charge in [-0.1, -0.05) is 57.0 Å². The summed E-state index contributed by atoms with van der Waals surface area (Å²) >= 11 is 12.1. The third-order valence-electron chi connectivity index (χ3n) is 7.22. The average molecular weight is 677 g/mol. The molecule has 3 rings (SSSR count). The summed E-state index contributed by atoms with van der Waals surface area (Å²) in [6.45, 7) is 9.46. The molecule has 1 amide bonds. The highest BCUT2D eigenvalue weighted by molar-refractivity contribution is 6.42. The summed E-state index contributed by atoms with van der Waals surface area (Å²) in [5.74, 6) is -7.49. The van der Waals surface area contributed by atoms with E-state index in [-0.39, 0.29) is 11.6 Å². The van der Waals surface area contributed by atoms with Crippen molar-refractivity contribution in [1.82, 2.24) is 5.32 Å². The summed E-state index contributed by atoms with van der Waals surface area (Å²) in [5.41, 5.74) is -2.70. The topological polar surface area (TPSA) is 173 Å². The van der Waals surface area contributed by atoms with E-state index < -0.39 is 96.5 Å². The summed E-state index contributed by atoms with van der Waals surface area (Å²) < 4.78 is 31.8. The molecule has 15 heteroatoms. The second-order valence-electron chi connectivity index (χ2n) is 12.5. The Morgan fingerprint density at radius 2 is 1.49 bits per heavy atom. The zero-order valence-electron chi connectivity index (χ0n) is 26.1. The van der Waals surface area contributed by atoms with Crippen LogP contribution in [0.3, 0.4) is 0 Å². The lowest BCUT2D eigenvalue weighted by Crippen LogP contribution is -2.66. The maximum Gasteiger partial charge on any atom is 0.408 e. The molecule has 45 heavy (non-hydrogen) atoms. The van der Waals surface area contributed by atoms with Crippen LogP contribution in [0.1, 0.15) is 54.0 Å². The van der Waals surface area contributed by atoms with Crippen molar-refractivity contribution >= 4 is 53.2 Å². The monoisotopic (exact) mass is 675 g/mol. The molecular formula is C30H39Cl2NO12. The molecule has 2 saturated carbocycles. The van der Waals surface area contributed by atoms with E-state index in [4.69, 9.17) is 51.6 Å². The Morgan fingerprint density at radius 1 is 0.911 bits per heavy atom. The Balaban J connectivity index is 1.96. The molecule has 2 N–H and O–H groups in total. The number of rotatable bonds is 12. The average Bonchev–Trinajstić information content (AvgIpc) is 3.63. The number of benzene rings is 1. The van der Waals surface area contributed by atoms with Crippen LogP contribution in [-0.2, 0) is 54.2 Å². The van der Waals surface area contributed by atoms with Gasteiger partial charge in [0.15, 0.2) is 5.54 Å². The number of fused-ring (bicyclic) bond motifs is 1. The van der Waals surface area contributed by atoms with Gasteiger partial charge >= 0.3 is 30.0 Å². The minimum atomic E-state index is -2.22. The van der Waals surface area contributed by atoms with Crippen molar-refractivity contribution in [1.29, 1.82) is 0 Å². The minimum Gasteiger partial charge on any atom is -0.444 e. The van der Waals surface area contributed by atoms with E-state index in [9.17, 15) is 29.1 Å². The molecule has 13 nitrogen and oxygen atoms in total. The van der Waals surface area contributed by atoms with Crippen molar-refractivity contribution in [3.05, 3.63) is 33.8 Å². The largest absolute Gasteiger partial charge is 0.444 e. The van der Waals surface area contributed by atoms with Crippen LogP contribution in [-0.4, -0.2) is 72.0 Å². The Morgan fingerprint density at radius 3 is 2.02 bits per heavy atom. The van der Waals surface area contributed by atoms with Gasteiger partial charge in [-0.25, -0.2) is 9.59 Å². The smallest absolute Gasteiger partial charge is 0.408 e. The third kappa shape index (κ3) is 8.57. The fraction of sp³-hybridized carbons (Fsp3) is 0.633. The lowest BCUT2D eigenvalue weighted by Gasteiger charge is -2.38. The highest BCUT2D eigenvalue weighted by Crippen LogP contribution is 2.64. The standard InChI is InChI=1S/C30H39Cl2NO12/c1-14(2)24(35)41-12-43-26(37)20-19-21(20)30(33-28(39)45-29(5,6)7,27(38)44-13-42-25(36)15(3)4)23(22(19)34)40-11-16-8-9-17(31)18(32)10-16/h8-10,14-15,19-23,34H,11-13H2,1-7H3,(H,33,39)/t19-,20-,21-,22-,23+,30+/m0/s1. The zero-order valence-corrected chi connectivity index (χ0v) is 27.6. The van der Waals surface area contributed by atoms with Gasteiger partial charge in [-0.15, -0.1) is 0 Å². The van der Waals surface area contributed by atoms with Crippen LogP contribution in [0.4, 0.5) is 4.79 Å². The van der Waals surface area contributed by atoms with Crippen LogP contribution < -0.4 is 5.32 Å². The maximum absolute atomic E-state index is 13.9. The van der Waals surface area contributed by atoms with Gasteiger partial charge in [-0.2, -0.15) is 0 Å². The fourth-order valence-corrected chi connectivity index (χ4v) is 5.44. The van der Waals surface area contributed by atoms with Crippen molar-refractivity contribution in [2.75, 3.05) is 13.6 Å². The molecule has 0 aliphatic heterocycles. The van der Waals surface area contributed by atoms with Gasteiger partial charge in [0, 0.05) is 11.8 Å². The van der Waals surface area contributed by atoms with E-state index in [2.05, 4.69) is 5.32 Å². The van der Waals surface area contributed by atoms with Gasteiger partial charge in [-0.05, 0) is 38.5 Å². The number of nitrogens with one attached hydrogen (secondary N) is 1. The van der Waals surface area contributed by atoms with Crippen molar-refractivity contribution in [2.45, 2.75) is 78.4 Å². The second-order valence-corrected chi connectivity index (χ2v) is 13.3. The molecule has 1 aromatic rings. The number of halogens is 2. The van der Waals surface area contributed by atoms with Gasteiger partial charge in [-0.3, -0.25) is 14.4 Å². The number of ether oxygens (including phenoxy) is 6. The first-order valence-electron chi connectivity index (χ1n) is 14.3. The zero-order chi connectivity index (χ0) is 33.9. The normalized spacial score (nSPS) is 25.3. The Kier molecular flexibility index (Phi) is 11.7. The minimum absolute atomic E-state index is 0.203. The number of esters is 4. The van der Waals surface area contributed by atoms with Crippen LogP contribution in [0.5, 0.6) is 0 Å². The first-order valence-corrected chi connectivity index (χ1v) is 15.1. The summed E-state index contributed by atoms with van der Waals surface area (Å²) in [6.07, 6.45) is -4.06. The number of alkyl carbamates (subject to hydrolysis) is 1. The SMILES string of the molecule is CC(C)C(=O)OCOC(=O)[C@H]1[C@@H]2[C@H](O)[C@@H](OCc3ccc(Cl)c(Cl)c3)[C@@](NC(=O)OC(C)(C)C)(C(=O)OCOC(=O)C(C)C)[C@H]12. The number of hydrogen-bond donors (Lipinski definition) is 2. The Bertz CT molecular complexity index is 1300.